The maximum atomic E-state index is 3.62. The molecule has 0 aromatic heterocycles. The number of hydrogen-bond donors (Lipinski definition) is 0. The normalized spacial score (nSPS) is 11.7. The molecule has 7 heavy (non-hydrogen) atoms. The molecule has 0 N–H and O–H groups in total. The molecule has 0 aliphatic carbocycles. The van der Waals surface area contributed by atoms with Gasteiger partial charge in [0.1, 0.15) is 0 Å². The highest BCUT2D eigenvalue weighted by molar-refractivity contribution is 5.03. The van der Waals surface area contributed by atoms with E-state index in [2.05, 4.69) is 13.8 Å². The van der Waals surface area contributed by atoms with Gasteiger partial charge in [-0.1, -0.05) is 24.3 Å². The summed E-state index contributed by atoms with van der Waals surface area (Å²) in [6.07, 6.45) is 8.38. The Morgan fingerprint density at radius 1 is 1.29 bits per heavy atom. The molecule has 0 aromatic carbocycles. The molecule has 0 bridgehead atoms. The highest BCUT2D eigenvalue weighted by Crippen LogP contribution is 1.78. The van der Waals surface area contributed by atoms with Gasteiger partial charge in [0, 0.05) is 0 Å². The molecule has 2 radical (unpaired) electrons. The summed E-state index contributed by atoms with van der Waals surface area (Å²) in [4.78, 5) is 0. The van der Waals surface area contributed by atoms with Crippen LogP contribution in [0.4, 0.5) is 0 Å². The Morgan fingerprint density at radius 2 is 2.00 bits per heavy atom. The van der Waals surface area contributed by atoms with Gasteiger partial charge in [0.05, 0.1) is 0 Å². The second-order valence-corrected chi connectivity index (χ2v) is 1.14. The lowest BCUT2D eigenvalue weighted by Gasteiger charge is -1.70. The fraction of sp³-hybridized carbons (Fsp3) is 0.143. The molecule has 0 heterocycles. The summed E-state index contributed by atoms with van der Waals surface area (Å²) in [6, 6.07) is 0. The van der Waals surface area contributed by atoms with Crippen LogP contribution in [0.3, 0.4) is 0 Å². The van der Waals surface area contributed by atoms with Crippen LogP contribution in [-0.4, -0.2) is 0 Å². The average Bonchev–Trinajstić information content (AvgIpc) is 1.69. The lowest BCUT2D eigenvalue weighted by atomic mass is 10.4. The highest BCUT2D eigenvalue weighted by atomic mass is 13.6. The number of allylic oxidation sites excluding steroid dienone is 4. The van der Waals surface area contributed by atoms with Crippen molar-refractivity contribution in [3.8, 4) is 0 Å². The van der Waals surface area contributed by atoms with Gasteiger partial charge in [-0.3, -0.25) is 0 Å². The van der Waals surface area contributed by atoms with Crippen LogP contribution in [-0.2, 0) is 0 Å². The van der Waals surface area contributed by atoms with Gasteiger partial charge in [0.25, 0.3) is 0 Å². The molecule has 0 aliphatic rings. The van der Waals surface area contributed by atoms with Crippen molar-refractivity contribution in [1.29, 1.82) is 0 Å². The third kappa shape index (κ3) is 5.48. The molecule has 0 amide bonds. The molecular weight excluding hydrogens is 84.1 g/mol. The van der Waals surface area contributed by atoms with Crippen LogP contribution < -0.4 is 0 Å². The first-order valence-corrected chi connectivity index (χ1v) is 2.32. The summed E-state index contributed by atoms with van der Waals surface area (Å²) in [5.74, 6) is 0. The number of rotatable bonds is 2. The molecule has 0 aromatic rings. The van der Waals surface area contributed by atoms with Gasteiger partial charge in [0.2, 0.25) is 0 Å². The van der Waals surface area contributed by atoms with Crippen LogP contribution in [0.2, 0.25) is 0 Å². The van der Waals surface area contributed by atoms with Crippen LogP contribution in [0.25, 0.3) is 0 Å². The van der Waals surface area contributed by atoms with E-state index in [-0.39, 0.29) is 0 Å². The molecule has 0 atom stereocenters. The minimum Gasteiger partial charge on any atom is -0.0845 e. The van der Waals surface area contributed by atoms with E-state index in [1.165, 1.54) is 0 Å². The van der Waals surface area contributed by atoms with Crippen LogP contribution >= 0.6 is 0 Å². The number of hydrogen-bond acceptors (Lipinski definition) is 0. The smallest absolute Gasteiger partial charge is 0.0313 e. The Balaban J connectivity index is 3.09. The first kappa shape index (κ1) is 6.48. The van der Waals surface area contributed by atoms with E-state index in [9.17, 15) is 0 Å². The Hall–Kier alpha value is -0.520. The van der Waals surface area contributed by atoms with E-state index in [4.69, 9.17) is 0 Å². The summed E-state index contributed by atoms with van der Waals surface area (Å²) in [5, 5.41) is 0. The Morgan fingerprint density at radius 3 is 2.43 bits per heavy atom. The molecule has 0 saturated heterocycles. The zero-order valence-electron chi connectivity index (χ0n) is 4.43. The Bertz CT molecular complexity index is 68.1. The molecule has 0 aliphatic heterocycles. The summed E-state index contributed by atoms with van der Waals surface area (Å²) in [7, 11) is 0. The van der Waals surface area contributed by atoms with Gasteiger partial charge in [-0.2, -0.15) is 0 Å². The minimum atomic E-state index is 0.852. The Kier molecular flexibility index (Phi) is 5.07. The molecule has 0 unspecified atom stereocenters. The van der Waals surface area contributed by atoms with E-state index >= 15 is 0 Å². The van der Waals surface area contributed by atoms with E-state index < -0.39 is 0 Å². The molecular formula is C7H10. The van der Waals surface area contributed by atoms with Gasteiger partial charge in [-0.05, 0) is 20.3 Å². The predicted octanol–water partition coefficient (Wildman–Crippen LogP) is 2.16. The van der Waals surface area contributed by atoms with Gasteiger partial charge < -0.3 is 0 Å². The molecule has 38 valence electrons. The fourth-order valence-electron chi connectivity index (χ4n) is 0.253. The summed E-state index contributed by atoms with van der Waals surface area (Å²) in [6.45, 7) is 7.12. The molecule has 0 heteroatoms. The van der Waals surface area contributed by atoms with Crippen molar-refractivity contribution in [3.05, 3.63) is 38.2 Å². The maximum absolute atomic E-state index is 3.62. The third-order valence-corrected chi connectivity index (χ3v) is 0.550. The first-order valence-electron chi connectivity index (χ1n) is 2.32. The standard InChI is InChI=1S/C7H10/c1-3-5-7-6-4-2/h3,5-7H,1-2,4H2/b5-3+,7-6+. The second kappa shape index (κ2) is 5.48. The largest absolute Gasteiger partial charge is 0.0845 e. The van der Waals surface area contributed by atoms with Crippen molar-refractivity contribution in [2.45, 2.75) is 6.42 Å². The van der Waals surface area contributed by atoms with Gasteiger partial charge >= 0.3 is 0 Å². The quantitative estimate of drug-likeness (QED) is 0.460. The van der Waals surface area contributed by atoms with E-state index in [0.717, 1.165) is 6.42 Å². The first-order chi connectivity index (χ1) is 3.41. The monoisotopic (exact) mass is 94.1 g/mol. The van der Waals surface area contributed by atoms with Crippen LogP contribution in [0.15, 0.2) is 24.3 Å². The van der Waals surface area contributed by atoms with Crippen LogP contribution in [0, 0.1) is 13.8 Å². The summed E-state index contributed by atoms with van der Waals surface area (Å²) in [5.41, 5.74) is 0. The molecule has 0 spiro atoms. The topological polar surface area (TPSA) is 0 Å². The zero-order chi connectivity index (χ0) is 5.54. The van der Waals surface area contributed by atoms with Crippen molar-refractivity contribution in [2.75, 3.05) is 0 Å². The van der Waals surface area contributed by atoms with Crippen molar-refractivity contribution in [2.24, 2.45) is 0 Å². The van der Waals surface area contributed by atoms with Gasteiger partial charge in [0.15, 0.2) is 0 Å². The van der Waals surface area contributed by atoms with Crippen LogP contribution in [0.1, 0.15) is 6.42 Å². The minimum absolute atomic E-state index is 0.852. The van der Waals surface area contributed by atoms with Crippen molar-refractivity contribution in [1.82, 2.24) is 0 Å². The lowest BCUT2D eigenvalue weighted by molar-refractivity contribution is 1.40. The van der Waals surface area contributed by atoms with Gasteiger partial charge in [-0.15, -0.1) is 0 Å². The summed E-state index contributed by atoms with van der Waals surface area (Å²) < 4.78 is 0. The van der Waals surface area contributed by atoms with E-state index in [1.807, 2.05) is 18.2 Å². The average molecular weight is 94.2 g/mol. The van der Waals surface area contributed by atoms with Crippen molar-refractivity contribution < 1.29 is 0 Å². The SMILES string of the molecule is [CH2]/C=C/C=C/C[CH2]. The molecule has 0 fully saturated rings. The zero-order valence-corrected chi connectivity index (χ0v) is 4.43. The predicted molar refractivity (Wildman–Crippen MR) is 33.6 cm³/mol. The molecule has 0 saturated carbocycles. The third-order valence-electron chi connectivity index (χ3n) is 0.550. The Labute approximate surface area is 45.5 Å². The second-order valence-electron chi connectivity index (χ2n) is 1.14. The lowest BCUT2D eigenvalue weighted by Crippen LogP contribution is -1.49. The van der Waals surface area contributed by atoms with Crippen LogP contribution in [0.5, 0.6) is 0 Å². The highest BCUT2D eigenvalue weighted by Gasteiger charge is 1.58. The van der Waals surface area contributed by atoms with E-state index in [1.54, 1.807) is 6.08 Å². The van der Waals surface area contributed by atoms with Crippen molar-refractivity contribution in [3.63, 3.8) is 0 Å². The molecule has 0 nitrogen and oxygen atoms in total. The maximum Gasteiger partial charge on any atom is -0.0313 e. The summed E-state index contributed by atoms with van der Waals surface area (Å²) >= 11 is 0. The van der Waals surface area contributed by atoms with Gasteiger partial charge in [-0.25, -0.2) is 0 Å². The molecule has 0 rings (SSSR count). The van der Waals surface area contributed by atoms with Crippen molar-refractivity contribution >= 4 is 0 Å². The fourth-order valence-corrected chi connectivity index (χ4v) is 0.253. The van der Waals surface area contributed by atoms with E-state index in [0.29, 0.717) is 0 Å².